The van der Waals surface area contributed by atoms with E-state index >= 15 is 0 Å². The predicted molar refractivity (Wildman–Crippen MR) is 116 cm³/mol. The summed E-state index contributed by atoms with van der Waals surface area (Å²) in [6.45, 7) is 4.10. The van der Waals surface area contributed by atoms with Crippen LogP contribution >= 0.6 is 0 Å². The lowest BCUT2D eigenvalue weighted by Crippen LogP contribution is -2.36. The number of aliphatic hydroxyl groups excluding tert-OH is 1. The molecule has 0 saturated carbocycles. The number of aromatic nitrogens is 1. The average molecular weight is 397 g/mol. The van der Waals surface area contributed by atoms with Crippen LogP contribution in [0.1, 0.15) is 34.3 Å². The Balaban J connectivity index is 1.44. The zero-order chi connectivity index (χ0) is 20.6. The molecule has 2 aromatic rings. The second kappa shape index (κ2) is 10.5. The first kappa shape index (κ1) is 21.4. The van der Waals surface area contributed by atoms with E-state index in [2.05, 4.69) is 44.4 Å². The summed E-state index contributed by atoms with van der Waals surface area (Å²) < 4.78 is 0. The molecule has 0 aliphatic carbocycles. The largest absolute Gasteiger partial charge is 0.392 e. The smallest absolute Gasteiger partial charge is 0.163 e. The lowest BCUT2D eigenvalue weighted by molar-refractivity contribution is 0.0837. The van der Waals surface area contributed by atoms with Crippen LogP contribution in [0.3, 0.4) is 0 Å². The Hall–Kier alpha value is -2.28. The van der Waals surface area contributed by atoms with E-state index in [0.717, 1.165) is 32.6 Å². The van der Waals surface area contributed by atoms with Crippen LogP contribution in [0.25, 0.3) is 0 Å². The van der Waals surface area contributed by atoms with E-state index in [1.807, 2.05) is 14.1 Å². The van der Waals surface area contributed by atoms with Gasteiger partial charge in [0.05, 0.1) is 6.10 Å². The van der Waals surface area contributed by atoms with Crippen LogP contribution in [0.4, 0.5) is 5.82 Å². The van der Waals surface area contributed by atoms with Crippen LogP contribution in [0.15, 0.2) is 42.6 Å². The van der Waals surface area contributed by atoms with Gasteiger partial charge >= 0.3 is 0 Å². The molecule has 3 rings (SSSR count). The number of aliphatic hydroxyl groups is 1. The average Bonchev–Trinajstić information content (AvgIpc) is 2.72. The minimum Gasteiger partial charge on any atom is -0.392 e. The second-order valence-electron chi connectivity index (χ2n) is 8.03. The fourth-order valence-electron chi connectivity index (χ4n) is 3.65. The van der Waals surface area contributed by atoms with Crippen molar-refractivity contribution in [2.75, 3.05) is 45.6 Å². The number of hydrogen-bond donors (Lipinski definition) is 2. The summed E-state index contributed by atoms with van der Waals surface area (Å²) in [5.74, 6) is 0.760. The van der Waals surface area contributed by atoms with Crippen molar-refractivity contribution in [3.63, 3.8) is 0 Å². The molecule has 0 unspecified atom stereocenters. The number of β-amino-alcohol motifs (C(OH)–C–C–N with tert-alkyl or cyclic N) is 1. The molecule has 0 radical (unpaired) electrons. The standard InChI is InChI=1S/C23H32N4O2/c1-26(2)14-12-25-23-15-19(9-11-24-23)22(29)8-7-21(28)17-27-13-10-18-5-3-4-6-20(18)16-27/h3-6,9,11,15,21,28H,7-8,10,12-14,16-17H2,1-2H3,(H,24,25)/t21-/m0/s1. The van der Waals surface area contributed by atoms with E-state index in [1.54, 1.807) is 18.3 Å². The molecule has 0 bridgehead atoms. The number of hydrogen-bond acceptors (Lipinski definition) is 6. The number of anilines is 1. The molecule has 156 valence electrons. The van der Waals surface area contributed by atoms with Crippen molar-refractivity contribution in [2.45, 2.75) is 31.9 Å². The summed E-state index contributed by atoms with van der Waals surface area (Å²) in [4.78, 5) is 21.2. The molecule has 1 aromatic carbocycles. The van der Waals surface area contributed by atoms with Gasteiger partial charge in [0.1, 0.15) is 5.82 Å². The molecule has 2 heterocycles. The Bertz CT molecular complexity index is 809. The zero-order valence-corrected chi connectivity index (χ0v) is 17.5. The molecule has 29 heavy (non-hydrogen) atoms. The van der Waals surface area contributed by atoms with Crippen LogP contribution in [0, 0.1) is 0 Å². The van der Waals surface area contributed by atoms with Crippen LogP contribution in [0.2, 0.25) is 0 Å². The number of fused-ring (bicyclic) bond motifs is 1. The maximum absolute atomic E-state index is 12.6. The van der Waals surface area contributed by atoms with Crippen LogP contribution in [0.5, 0.6) is 0 Å². The fourth-order valence-corrected chi connectivity index (χ4v) is 3.65. The van der Waals surface area contributed by atoms with Gasteiger partial charge in [-0.2, -0.15) is 0 Å². The van der Waals surface area contributed by atoms with Gasteiger partial charge < -0.3 is 15.3 Å². The van der Waals surface area contributed by atoms with E-state index in [9.17, 15) is 9.90 Å². The number of benzene rings is 1. The summed E-state index contributed by atoms with van der Waals surface area (Å²) in [5, 5.41) is 13.7. The molecule has 6 heteroatoms. The van der Waals surface area contributed by atoms with Gasteiger partial charge in [0, 0.05) is 50.9 Å². The third-order valence-corrected chi connectivity index (χ3v) is 5.33. The Morgan fingerprint density at radius 2 is 2.07 bits per heavy atom. The second-order valence-corrected chi connectivity index (χ2v) is 8.03. The number of pyridine rings is 1. The summed E-state index contributed by atoms with van der Waals surface area (Å²) >= 11 is 0. The summed E-state index contributed by atoms with van der Waals surface area (Å²) in [6.07, 6.45) is 2.99. The first-order chi connectivity index (χ1) is 14.0. The van der Waals surface area contributed by atoms with Gasteiger partial charge in [-0.3, -0.25) is 9.69 Å². The highest BCUT2D eigenvalue weighted by Gasteiger charge is 2.19. The number of nitrogens with zero attached hydrogens (tertiary/aromatic N) is 3. The van der Waals surface area contributed by atoms with Crippen LogP contribution in [-0.2, 0) is 13.0 Å². The van der Waals surface area contributed by atoms with Crippen molar-refractivity contribution in [1.29, 1.82) is 0 Å². The van der Waals surface area contributed by atoms with Crippen molar-refractivity contribution in [1.82, 2.24) is 14.8 Å². The van der Waals surface area contributed by atoms with E-state index in [0.29, 0.717) is 30.8 Å². The Kier molecular flexibility index (Phi) is 7.75. The van der Waals surface area contributed by atoms with E-state index in [-0.39, 0.29) is 5.78 Å². The fraction of sp³-hybridized carbons (Fsp3) is 0.478. The first-order valence-corrected chi connectivity index (χ1v) is 10.4. The van der Waals surface area contributed by atoms with Gasteiger partial charge in [0.25, 0.3) is 0 Å². The van der Waals surface area contributed by atoms with Gasteiger partial charge in [0.2, 0.25) is 0 Å². The number of rotatable bonds is 10. The first-order valence-electron chi connectivity index (χ1n) is 10.4. The molecule has 1 aliphatic heterocycles. The summed E-state index contributed by atoms with van der Waals surface area (Å²) in [6, 6.07) is 12.0. The normalized spacial score (nSPS) is 15.2. The number of Topliss-reactive ketones (excluding diaryl/α,β-unsaturated/α-hetero) is 1. The Morgan fingerprint density at radius 1 is 1.28 bits per heavy atom. The van der Waals surface area contributed by atoms with E-state index in [1.165, 1.54) is 11.1 Å². The zero-order valence-electron chi connectivity index (χ0n) is 17.5. The highest BCUT2D eigenvalue weighted by molar-refractivity contribution is 5.96. The molecule has 0 saturated heterocycles. The number of nitrogens with one attached hydrogen (secondary N) is 1. The maximum atomic E-state index is 12.6. The van der Waals surface area contributed by atoms with Crippen molar-refractivity contribution >= 4 is 11.6 Å². The lowest BCUT2D eigenvalue weighted by Gasteiger charge is -2.30. The summed E-state index contributed by atoms with van der Waals surface area (Å²) in [5.41, 5.74) is 3.39. The third-order valence-electron chi connectivity index (χ3n) is 5.33. The van der Waals surface area contributed by atoms with Crippen molar-refractivity contribution in [3.05, 3.63) is 59.3 Å². The van der Waals surface area contributed by atoms with E-state index in [4.69, 9.17) is 0 Å². The minimum atomic E-state index is -0.497. The molecule has 1 atom stereocenters. The maximum Gasteiger partial charge on any atom is 0.163 e. The van der Waals surface area contributed by atoms with Gasteiger partial charge in [0.15, 0.2) is 5.78 Å². The summed E-state index contributed by atoms with van der Waals surface area (Å²) in [7, 11) is 4.03. The third kappa shape index (κ3) is 6.63. The topological polar surface area (TPSA) is 68.7 Å². The minimum absolute atomic E-state index is 0.0473. The van der Waals surface area contributed by atoms with Crippen LogP contribution in [-0.4, -0.2) is 72.1 Å². The van der Waals surface area contributed by atoms with Crippen molar-refractivity contribution < 1.29 is 9.90 Å². The number of carbonyl (C=O) groups is 1. The number of carbonyl (C=O) groups excluding carboxylic acids is 1. The van der Waals surface area contributed by atoms with Gasteiger partial charge in [-0.15, -0.1) is 0 Å². The van der Waals surface area contributed by atoms with Crippen molar-refractivity contribution in [2.24, 2.45) is 0 Å². The Morgan fingerprint density at radius 3 is 2.86 bits per heavy atom. The highest BCUT2D eigenvalue weighted by atomic mass is 16.3. The molecular formula is C23H32N4O2. The monoisotopic (exact) mass is 396 g/mol. The molecular weight excluding hydrogens is 364 g/mol. The van der Waals surface area contributed by atoms with Gasteiger partial charge in [-0.05, 0) is 50.2 Å². The molecule has 0 amide bonds. The number of likely N-dealkylation sites (N-methyl/N-ethyl adjacent to an activating group) is 1. The quantitative estimate of drug-likeness (QED) is 0.601. The molecule has 6 nitrogen and oxygen atoms in total. The van der Waals surface area contributed by atoms with Crippen LogP contribution < -0.4 is 5.32 Å². The molecule has 0 spiro atoms. The van der Waals surface area contributed by atoms with Crippen molar-refractivity contribution in [3.8, 4) is 0 Å². The van der Waals surface area contributed by atoms with E-state index < -0.39 is 6.10 Å². The predicted octanol–water partition coefficient (Wildman–Crippen LogP) is 2.44. The molecule has 0 fully saturated rings. The number of ketones is 1. The molecule has 1 aliphatic rings. The Labute approximate surface area is 173 Å². The SMILES string of the molecule is CN(C)CCNc1cc(C(=O)CC[C@H](O)CN2CCc3ccccc3C2)ccn1. The molecule has 2 N–H and O–H groups in total. The van der Waals surface area contributed by atoms with Gasteiger partial charge in [-0.1, -0.05) is 24.3 Å². The molecule has 1 aromatic heterocycles. The lowest BCUT2D eigenvalue weighted by atomic mass is 9.99. The van der Waals surface area contributed by atoms with Gasteiger partial charge in [-0.25, -0.2) is 4.98 Å². The highest BCUT2D eigenvalue weighted by Crippen LogP contribution is 2.19.